The molecule has 0 radical (unpaired) electrons. The molecule has 306 valence electrons. The van der Waals surface area contributed by atoms with E-state index in [9.17, 15) is 5.11 Å². The fourth-order valence-electron chi connectivity index (χ4n) is 9.12. The number of morpholine rings is 1. The Bertz CT molecular complexity index is 2560. The number of carbonyl (C=O) groups excluding carboxylic acids is 2. The summed E-state index contributed by atoms with van der Waals surface area (Å²) in [5.74, 6) is 0.0137. The monoisotopic (exact) mass is 804 g/mol. The molecule has 9 rings (SSSR count). The van der Waals surface area contributed by atoms with Gasteiger partial charge >= 0.3 is 0 Å². The van der Waals surface area contributed by atoms with Crippen molar-refractivity contribution in [1.82, 2.24) is 14.4 Å². The number of anilines is 2. The standard InChI is InChI=1S/C50H49FN4O5/c1-33-14-15-35(28-45(33)51)41-11-5-6-13-47(41)55(37-16-18-39(56)19-17-37)50(58)44-30-48(53-22-8-7-12-46(44)53)43-29-40(59-2)20-21-42(43)49(57)54-31-36-10-4-3-9-34(36)27-38(54)32-52-23-25-60-26-24-52/h3-6,9-11,13-21,28-30,38,56H,7-8,12,22-27,31-32H2,1-2H3/t38-/m0/s1. The number of halogens is 1. The quantitative estimate of drug-likeness (QED) is 0.157. The number of fused-ring (bicyclic) bond motifs is 2. The highest BCUT2D eigenvalue weighted by Crippen LogP contribution is 2.41. The van der Waals surface area contributed by atoms with Gasteiger partial charge in [0.15, 0.2) is 0 Å². The molecule has 3 aliphatic heterocycles. The number of rotatable bonds is 9. The minimum absolute atomic E-state index is 0.0419. The summed E-state index contributed by atoms with van der Waals surface area (Å²) >= 11 is 0. The maximum absolute atomic E-state index is 15.5. The van der Waals surface area contributed by atoms with Crippen LogP contribution in [0.4, 0.5) is 15.8 Å². The molecule has 0 spiro atoms. The van der Waals surface area contributed by atoms with E-state index >= 15 is 14.0 Å². The molecule has 0 saturated carbocycles. The molecular weight excluding hydrogens is 756 g/mol. The average molecular weight is 805 g/mol. The lowest BCUT2D eigenvalue weighted by molar-refractivity contribution is 0.0193. The van der Waals surface area contributed by atoms with Crippen molar-refractivity contribution in [2.24, 2.45) is 0 Å². The molecule has 5 aromatic carbocycles. The Morgan fingerprint density at radius 1 is 0.833 bits per heavy atom. The fourth-order valence-corrected chi connectivity index (χ4v) is 9.12. The summed E-state index contributed by atoms with van der Waals surface area (Å²) in [5.41, 5.74) is 8.82. The van der Waals surface area contributed by atoms with Crippen molar-refractivity contribution < 1.29 is 28.6 Å². The van der Waals surface area contributed by atoms with Gasteiger partial charge in [-0.25, -0.2) is 4.39 Å². The topological polar surface area (TPSA) is 87.5 Å². The number of hydrogen-bond acceptors (Lipinski definition) is 6. The number of amides is 2. The summed E-state index contributed by atoms with van der Waals surface area (Å²) in [6.45, 7) is 6.67. The number of phenolic OH excluding ortho intramolecular Hbond substituents is 1. The molecule has 1 saturated heterocycles. The minimum Gasteiger partial charge on any atom is -0.508 e. The van der Waals surface area contributed by atoms with Gasteiger partial charge in [0.1, 0.15) is 17.3 Å². The van der Waals surface area contributed by atoms with Crippen LogP contribution in [-0.2, 0) is 30.7 Å². The maximum atomic E-state index is 15.5. The van der Waals surface area contributed by atoms with Gasteiger partial charge in [-0.2, -0.15) is 0 Å². The predicted octanol–water partition coefficient (Wildman–Crippen LogP) is 9.20. The normalized spacial score (nSPS) is 16.5. The third-order valence-electron chi connectivity index (χ3n) is 12.3. The molecule has 2 amide bonds. The van der Waals surface area contributed by atoms with Crippen LogP contribution in [0.15, 0.2) is 115 Å². The van der Waals surface area contributed by atoms with Gasteiger partial charge in [0.25, 0.3) is 11.8 Å². The summed E-state index contributed by atoms with van der Waals surface area (Å²) < 4.78 is 28.7. The van der Waals surface area contributed by atoms with Gasteiger partial charge in [-0.15, -0.1) is 0 Å². The zero-order valence-corrected chi connectivity index (χ0v) is 34.1. The van der Waals surface area contributed by atoms with E-state index in [1.807, 2.05) is 65.6 Å². The Hall–Kier alpha value is -6.23. The maximum Gasteiger partial charge on any atom is 0.264 e. The van der Waals surface area contributed by atoms with Gasteiger partial charge in [-0.1, -0.05) is 54.6 Å². The number of aromatic hydroxyl groups is 1. The van der Waals surface area contributed by atoms with Gasteiger partial charge < -0.3 is 24.0 Å². The molecule has 60 heavy (non-hydrogen) atoms. The summed E-state index contributed by atoms with van der Waals surface area (Å²) in [5, 5.41) is 10.3. The molecule has 1 aromatic heterocycles. The number of carbonyl (C=O) groups is 2. The summed E-state index contributed by atoms with van der Waals surface area (Å²) in [7, 11) is 1.62. The van der Waals surface area contributed by atoms with Crippen molar-refractivity contribution in [3.63, 3.8) is 0 Å². The van der Waals surface area contributed by atoms with Gasteiger partial charge in [-0.05, 0) is 116 Å². The van der Waals surface area contributed by atoms with Gasteiger partial charge in [0.05, 0.1) is 31.6 Å². The van der Waals surface area contributed by atoms with Crippen molar-refractivity contribution in [1.29, 1.82) is 0 Å². The van der Waals surface area contributed by atoms with Crippen LogP contribution >= 0.6 is 0 Å². The van der Waals surface area contributed by atoms with Gasteiger partial charge in [-0.3, -0.25) is 19.4 Å². The first-order valence-electron chi connectivity index (χ1n) is 20.8. The number of nitrogens with zero attached hydrogens (tertiary/aromatic N) is 4. The lowest BCUT2D eigenvalue weighted by Crippen LogP contribution is -2.52. The lowest BCUT2D eigenvalue weighted by Gasteiger charge is -2.40. The predicted molar refractivity (Wildman–Crippen MR) is 232 cm³/mol. The second-order valence-electron chi connectivity index (χ2n) is 16.0. The highest BCUT2D eigenvalue weighted by Gasteiger charge is 2.35. The van der Waals surface area contributed by atoms with Crippen molar-refractivity contribution in [2.75, 3.05) is 44.9 Å². The summed E-state index contributed by atoms with van der Waals surface area (Å²) in [6, 6.07) is 35.1. The second kappa shape index (κ2) is 16.8. The van der Waals surface area contributed by atoms with E-state index in [0.29, 0.717) is 83.2 Å². The SMILES string of the molecule is COc1ccc(C(=O)N2Cc3ccccc3C[C@H]2CN2CCOCC2)c(-c2cc(C(=O)N(c3ccc(O)cc3)c3ccccc3-c3ccc(C)c(F)c3)c3n2CCCC3)c1. The number of aromatic nitrogens is 1. The Labute approximate surface area is 350 Å². The lowest BCUT2D eigenvalue weighted by atomic mass is 9.92. The molecule has 10 heteroatoms. The van der Waals surface area contributed by atoms with E-state index in [2.05, 4.69) is 27.7 Å². The Balaban J connectivity index is 1.16. The molecular formula is C50H49FN4O5. The van der Waals surface area contributed by atoms with Gasteiger partial charge in [0.2, 0.25) is 0 Å². The first kappa shape index (κ1) is 39.2. The molecule has 1 N–H and O–H groups in total. The van der Waals surface area contributed by atoms with Crippen LogP contribution in [0.3, 0.4) is 0 Å². The molecule has 0 bridgehead atoms. The molecule has 3 aliphatic rings. The first-order chi connectivity index (χ1) is 29.3. The number of ether oxygens (including phenoxy) is 2. The molecule has 1 fully saturated rings. The molecule has 9 nitrogen and oxygen atoms in total. The Morgan fingerprint density at radius 3 is 2.38 bits per heavy atom. The van der Waals surface area contributed by atoms with Crippen molar-refractivity contribution in [3.8, 4) is 33.9 Å². The number of para-hydroxylation sites is 1. The summed E-state index contributed by atoms with van der Waals surface area (Å²) in [6.07, 6.45) is 3.26. The van der Waals surface area contributed by atoms with Crippen molar-refractivity contribution in [3.05, 3.63) is 155 Å². The third-order valence-corrected chi connectivity index (χ3v) is 12.3. The Kier molecular flexibility index (Phi) is 11.0. The van der Waals surface area contributed by atoms with E-state index in [0.717, 1.165) is 55.8 Å². The van der Waals surface area contributed by atoms with Crippen molar-refractivity contribution >= 4 is 23.2 Å². The minimum atomic E-state index is -0.333. The highest BCUT2D eigenvalue weighted by molar-refractivity contribution is 6.14. The Morgan fingerprint density at radius 2 is 1.60 bits per heavy atom. The summed E-state index contributed by atoms with van der Waals surface area (Å²) in [4.78, 5) is 36.7. The molecule has 6 aromatic rings. The van der Waals surface area contributed by atoms with Gasteiger partial charge in [0, 0.05) is 72.5 Å². The smallest absolute Gasteiger partial charge is 0.264 e. The zero-order valence-electron chi connectivity index (χ0n) is 34.1. The van der Waals surface area contributed by atoms with Crippen molar-refractivity contribution in [2.45, 2.75) is 51.7 Å². The molecule has 1 atom stereocenters. The average Bonchev–Trinajstić information content (AvgIpc) is 3.67. The van der Waals surface area contributed by atoms with Crippen LogP contribution in [0.1, 0.15) is 55.9 Å². The van der Waals surface area contributed by atoms with E-state index in [1.54, 1.807) is 49.3 Å². The second-order valence-corrected chi connectivity index (χ2v) is 16.0. The van der Waals surface area contributed by atoms with Crippen LogP contribution in [0.5, 0.6) is 11.5 Å². The van der Waals surface area contributed by atoms with E-state index in [4.69, 9.17) is 9.47 Å². The van der Waals surface area contributed by atoms with Crippen LogP contribution in [0.25, 0.3) is 22.4 Å². The van der Waals surface area contributed by atoms with E-state index < -0.39 is 0 Å². The fraction of sp³-hybridized carbons (Fsp3) is 0.280. The number of hydrogen-bond donors (Lipinski definition) is 1. The van der Waals surface area contributed by atoms with E-state index in [1.165, 1.54) is 11.6 Å². The number of aryl methyl sites for hydroxylation is 1. The first-order valence-corrected chi connectivity index (χ1v) is 20.8. The number of phenols is 1. The van der Waals surface area contributed by atoms with Crippen LogP contribution in [-0.4, -0.2) is 77.3 Å². The number of benzene rings is 5. The number of methoxy groups -OCH3 is 1. The zero-order chi connectivity index (χ0) is 41.3. The third kappa shape index (κ3) is 7.57. The van der Waals surface area contributed by atoms with Crippen LogP contribution in [0.2, 0.25) is 0 Å². The molecule has 0 aliphatic carbocycles. The highest BCUT2D eigenvalue weighted by atomic mass is 19.1. The van der Waals surface area contributed by atoms with Crippen LogP contribution in [0, 0.1) is 12.7 Å². The molecule has 4 heterocycles. The largest absolute Gasteiger partial charge is 0.508 e. The van der Waals surface area contributed by atoms with Crippen LogP contribution < -0.4 is 9.64 Å². The molecule has 0 unspecified atom stereocenters. The van der Waals surface area contributed by atoms with E-state index in [-0.39, 0.29) is 29.4 Å².